The number of thioether (sulfide) groups is 1. The Labute approximate surface area is 164 Å². The molecule has 2 amide bonds. The number of carbonyl (C=O) groups is 2. The average Bonchev–Trinajstić information content (AvgIpc) is 3.16. The van der Waals surface area contributed by atoms with Crippen LogP contribution in [0.4, 0.5) is 5.69 Å². The number of carbonyl (C=O) groups excluding carboxylic acids is 2. The fraction of sp³-hybridized carbons (Fsp3) is 0.278. The molecular weight excluding hydrogens is 449 g/mol. The van der Waals surface area contributed by atoms with Crippen molar-refractivity contribution in [3.63, 3.8) is 0 Å². The number of rotatable bonds is 5. The molecule has 1 N–H and O–H groups in total. The van der Waals surface area contributed by atoms with Crippen molar-refractivity contribution in [2.24, 2.45) is 0 Å². The minimum absolute atomic E-state index is 0.0398. The summed E-state index contributed by atoms with van der Waals surface area (Å²) in [5, 5.41) is 3.59. The standard InChI is InChI=1S/C18H18IN3O2S/c19-14-4-6-15(7-5-14)21-16(23)12-25-17-8-3-13(11-20-17)18(24)22-9-1-2-10-22/h3-8,11H,1-2,9-10,12H2,(H,21,23). The largest absolute Gasteiger partial charge is 0.339 e. The van der Waals surface area contributed by atoms with Crippen LogP contribution in [0.3, 0.4) is 0 Å². The highest BCUT2D eigenvalue weighted by molar-refractivity contribution is 14.1. The molecule has 1 aliphatic heterocycles. The number of benzene rings is 1. The van der Waals surface area contributed by atoms with E-state index in [1.54, 1.807) is 18.3 Å². The van der Waals surface area contributed by atoms with Gasteiger partial charge in [0.25, 0.3) is 5.91 Å². The maximum Gasteiger partial charge on any atom is 0.255 e. The molecule has 25 heavy (non-hydrogen) atoms. The van der Waals surface area contributed by atoms with Crippen molar-refractivity contribution in [1.29, 1.82) is 0 Å². The predicted molar refractivity (Wildman–Crippen MR) is 108 cm³/mol. The van der Waals surface area contributed by atoms with Gasteiger partial charge in [-0.3, -0.25) is 9.59 Å². The van der Waals surface area contributed by atoms with Gasteiger partial charge in [-0.1, -0.05) is 11.8 Å². The van der Waals surface area contributed by atoms with Gasteiger partial charge in [0.1, 0.15) is 0 Å². The molecule has 0 bridgehead atoms. The van der Waals surface area contributed by atoms with E-state index >= 15 is 0 Å². The van der Waals surface area contributed by atoms with Crippen LogP contribution in [0.5, 0.6) is 0 Å². The molecule has 130 valence electrons. The van der Waals surface area contributed by atoms with Crippen LogP contribution < -0.4 is 5.32 Å². The van der Waals surface area contributed by atoms with Gasteiger partial charge < -0.3 is 10.2 Å². The Bertz CT molecular complexity index is 744. The number of likely N-dealkylation sites (tertiary alicyclic amines) is 1. The Morgan fingerprint density at radius 3 is 2.48 bits per heavy atom. The Balaban J connectivity index is 1.50. The fourth-order valence-corrected chi connectivity index (χ4v) is 3.57. The number of aromatic nitrogens is 1. The van der Waals surface area contributed by atoms with E-state index < -0.39 is 0 Å². The second kappa shape index (κ2) is 8.66. The maximum absolute atomic E-state index is 12.3. The Hall–Kier alpha value is -1.61. The molecule has 1 fully saturated rings. The Morgan fingerprint density at radius 1 is 1.12 bits per heavy atom. The SMILES string of the molecule is O=C(CSc1ccc(C(=O)N2CCCC2)cn1)Nc1ccc(I)cc1. The van der Waals surface area contributed by atoms with Gasteiger partial charge in [0, 0.05) is 28.5 Å². The number of pyridine rings is 1. The van der Waals surface area contributed by atoms with E-state index in [2.05, 4.69) is 32.9 Å². The normalized spacial score (nSPS) is 13.7. The number of nitrogens with one attached hydrogen (secondary N) is 1. The summed E-state index contributed by atoms with van der Waals surface area (Å²) in [5.74, 6) is 0.238. The zero-order valence-electron chi connectivity index (χ0n) is 13.6. The van der Waals surface area contributed by atoms with Gasteiger partial charge in [0.05, 0.1) is 16.3 Å². The molecule has 2 aromatic rings. The Kier molecular flexibility index (Phi) is 6.30. The van der Waals surface area contributed by atoms with E-state index in [1.165, 1.54) is 11.8 Å². The number of anilines is 1. The highest BCUT2D eigenvalue weighted by Gasteiger charge is 2.19. The summed E-state index contributed by atoms with van der Waals surface area (Å²) in [6.07, 6.45) is 3.74. The van der Waals surface area contributed by atoms with E-state index in [0.29, 0.717) is 5.56 Å². The third kappa shape index (κ3) is 5.18. The highest BCUT2D eigenvalue weighted by atomic mass is 127. The van der Waals surface area contributed by atoms with Crippen molar-refractivity contribution < 1.29 is 9.59 Å². The van der Waals surface area contributed by atoms with Crippen molar-refractivity contribution in [2.45, 2.75) is 17.9 Å². The molecule has 0 unspecified atom stereocenters. The van der Waals surface area contributed by atoms with Crippen LogP contribution >= 0.6 is 34.4 Å². The number of nitrogens with zero attached hydrogens (tertiary/aromatic N) is 2. The molecule has 1 aromatic heterocycles. The van der Waals surface area contributed by atoms with Gasteiger partial charge in [0.2, 0.25) is 5.91 Å². The molecule has 0 radical (unpaired) electrons. The quantitative estimate of drug-likeness (QED) is 0.539. The lowest BCUT2D eigenvalue weighted by molar-refractivity contribution is -0.113. The molecule has 3 rings (SSSR count). The lowest BCUT2D eigenvalue weighted by Crippen LogP contribution is -2.27. The fourth-order valence-electron chi connectivity index (χ4n) is 2.56. The minimum atomic E-state index is -0.0785. The first-order chi connectivity index (χ1) is 12.1. The molecule has 1 aromatic carbocycles. The van der Waals surface area contributed by atoms with Crippen molar-refractivity contribution in [2.75, 3.05) is 24.2 Å². The number of hydrogen-bond donors (Lipinski definition) is 1. The third-order valence-electron chi connectivity index (χ3n) is 3.86. The molecule has 0 saturated carbocycles. The van der Waals surface area contributed by atoms with Crippen molar-refractivity contribution >= 4 is 51.9 Å². The summed E-state index contributed by atoms with van der Waals surface area (Å²) in [6.45, 7) is 1.65. The summed E-state index contributed by atoms with van der Waals surface area (Å²) >= 11 is 3.58. The molecule has 0 spiro atoms. The first-order valence-corrected chi connectivity index (χ1v) is 10.1. The van der Waals surface area contributed by atoms with Crippen LogP contribution in [0.25, 0.3) is 0 Å². The van der Waals surface area contributed by atoms with E-state index in [1.807, 2.05) is 29.2 Å². The van der Waals surface area contributed by atoms with Gasteiger partial charge >= 0.3 is 0 Å². The molecule has 0 aliphatic carbocycles. The van der Waals surface area contributed by atoms with Gasteiger partial charge in [-0.05, 0) is 71.8 Å². The van der Waals surface area contributed by atoms with E-state index in [9.17, 15) is 9.59 Å². The molecule has 5 nitrogen and oxygen atoms in total. The number of hydrogen-bond acceptors (Lipinski definition) is 4. The summed E-state index contributed by atoms with van der Waals surface area (Å²) < 4.78 is 1.12. The lowest BCUT2D eigenvalue weighted by Gasteiger charge is -2.14. The van der Waals surface area contributed by atoms with Gasteiger partial charge in [-0.2, -0.15) is 0 Å². The van der Waals surface area contributed by atoms with Crippen LogP contribution in [-0.2, 0) is 4.79 Å². The average molecular weight is 467 g/mol. The van der Waals surface area contributed by atoms with Crippen LogP contribution in [0.15, 0.2) is 47.6 Å². The van der Waals surface area contributed by atoms with Crippen LogP contribution in [-0.4, -0.2) is 40.5 Å². The van der Waals surface area contributed by atoms with E-state index in [0.717, 1.165) is 40.2 Å². The molecular formula is C18H18IN3O2S. The first-order valence-electron chi connectivity index (χ1n) is 8.05. The van der Waals surface area contributed by atoms with E-state index in [-0.39, 0.29) is 17.6 Å². The van der Waals surface area contributed by atoms with Crippen LogP contribution in [0.2, 0.25) is 0 Å². The van der Waals surface area contributed by atoms with Gasteiger partial charge in [-0.25, -0.2) is 4.98 Å². The predicted octanol–water partition coefficient (Wildman–Crippen LogP) is 3.65. The second-order valence-corrected chi connectivity index (χ2v) is 7.97. The number of amides is 2. The van der Waals surface area contributed by atoms with Gasteiger partial charge in [-0.15, -0.1) is 0 Å². The topological polar surface area (TPSA) is 62.3 Å². The zero-order chi connectivity index (χ0) is 17.6. The van der Waals surface area contributed by atoms with E-state index in [4.69, 9.17) is 0 Å². The zero-order valence-corrected chi connectivity index (χ0v) is 16.5. The molecule has 7 heteroatoms. The summed E-state index contributed by atoms with van der Waals surface area (Å²) in [4.78, 5) is 30.4. The maximum atomic E-state index is 12.3. The van der Waals surface area contributed by atoms with Crippen LogP contribution in [0, 0.1) is 3.57 Å². The molecule has 0 atom stereocenters. The smallest absolute Gasteiger partial charge is 0.255 e. The minimum Gasteiger partial charge on any atom is -0.339 e. The summed E-state index contributed by atoms with van der Waals surface area (Å²) in [7, 11) is 0. The summed E-state index contributed by atoms with van der Waals surface area (Å²) in [6, 6.07) is 11.2. The molecule has 2 heterocycles. The second-order valence-electron chi connectivity index (χ2n) is 5.73. The Morgan fingerprint density at radius 2 is 1.84 bits per heavy atom. The number of halogens is 1. The monoisotopic (exact) mass is 467 g/mol. The molecule has 1 aliphatic rings. The highest BCUT2D eigenvalue weighted by Crippen LogP contribution is 2.18. The summed E-state index contributed by atoms with van der Waals surface area (Å²) in [5.41, 5.74) is 1.39. The molecule has 1 saturated heterocycles. The van der Waals surface area contributed by atoms with Crippen LogP contribution in [0.1, 0.15) is 23.2 Å². The van der Waals surface area contributed by atoms with Crippen molar-refractivity contribution in [3.8, 4) is 0 Å². The lowest BCUT2D eigenvalue weighted by atomic mass is 10.2. The third-order valence-corrected chi connectivity index (χ3v) is 5.52. The van der Waals surface area contributed by atoms with Crippen molar-refractivity contribution in [1.82, 2.24) is 9.88 Å². The van der Waals surface area contributed by atoms with Gasteiger partial charge in [0.15, 0.2) is 0 Å². The first kappa shape index (κ1) is 18.2. The van der Waals surface area contributed by atoms with Crippen molar-refractivity contribution in [3.05, 3.63) is 51.7 Å².